The van der Waals surface area contributed by atoms with Gasteiger partial charge < -0.3 is 5.32 Å². The number of nitrogens with one attached hydrogen (secondary N) is 1. The summed E-state index contributed by atoms with van der Waals surface area (Å²) in [6.45, 7) is 3.00. The molecule has 1 N–H and O–H groups in total. The lowest BCUT2D eigenvalue weighted by Gasteiger charge is -1.96. The van der Waals surface area contributed by atoms with Crippen LogP contribution in [0.2, 0.25) is 0 Å². The Kier molecular flexibility index (Phi) is 5.53. The zero-order valence-corrected chi connectivity index (χ0v) is 9.09. The van der Waals surface area contributed by atoms with E-state index in [1.54, 1.807) is 6.08 Å². The average molecular weight is 195 g/mol. The van der Waals surface area contributed by atoms with Gasteiger partial charge in [0.15, 0.2) is 5.78 Å². The number of unbranched alkanes of at least 4 members (excludes halogenated alkanes) is 2. The maximum absolute atomic E-state index is 11.3. The van der Waals surface area contributed by atoms with Gasteiger partial charge in [0.2, 0.25) is 0 Å². The molecule has 0 amide bonds. The number of allylic oxidation sites excluding steroid dienone is 1. The largest absolute Gasteiger partial charge is 0.311 e. The van der Waals surface area contributed by atoms with Gasteiger partial charge in [-0.25, -0.2) is 0 Å². The Hall–Kier alpha value is -0.630. The summed E-state index contributed by atoms with van der Waals surface area (Å²) >= 11 is 0. The molecule has 0 spiro atoms. The molecule has 0 unspecified atom stereocenters. The quantitative estimate of drug-likeness (QED) is 0.476. The van der Waals surface area contributed by atoms with E-state index in [1.807, 2.05) is 6.08 Å². The van der Waals surface area contributed by atoms with E-state index in [0.29, 0.717) is 6.42 Å². The minimum atomic E-state index is 0.274. The average Bonchev–Trinajstić information content (AvgIpc) is 2.97. The molecule has 2 nitrogen and oxygen atoms in total. The van der Waals surface area contributed by atoms with E-state index >= 15 is 0 Å². The predicted octanol–water partition coefficient (Wildman–Crippen LogP) is 2.44. The van der Waals surface area contributed by atoms with E-state index in [4.69, 9.17) is 0 Å². The van der Waals surface area contributed by atoms with Crippen LogP contribution in [0.15, 0.2) is 12.2 Å². The van der Waals surface area contributed by atoms with E-state index in [2.05, 4.69) is 12.2 Å². The summed E-state index contributed by atoms with van der Waals surface area (Å²) in [5, 5.41) is 3.34. The van der Waals surface area contributed by atoms with Gasteiger partial charge in [-0.3, -0.25) is 4.79 Å². The maximum atomic E-state index is 11.3. The first-order valence-corrected chi connectivity index (χ1v) is 5.75. The molecule has 1 rings (SSSR count). The molecule has 0 aliphatic heterocycles. The molecule has 0 aromatic carbocycles. The molecule has 0 saturated heterocycles. The molecule has 0 radical (unpaired) electrons. The monoisotopic (exact) mass is 195 g/mol. The standard InChI is InChI=1S/C12H21NO/c1-2-3-4-6-12(14)7-5-10-13-11-8-9-11/h5,7,11,13H,2-4,6,8-10H2,1H3/b7-5+. The second-order valence-electron chi connectivity index (χ2n) is 4.01. The second kappa shape index (κ2) is 6.77. The number of rotatable bonds is 8. The Morgan fingerprint density at radius 2 is 2.21 bits per heavy atom. The fourth-order valence-corrected chi connectivity index (χ4v) is 1.35. The molecule has 2 heteroatoms. The summed E-state index contributed by atoms with van der Waals surface area (Å²) in [4.78, 5) is 11.3. The molecule has 0 heterocycles. The van der Waals surface area contributed by atoms with Gasteiger partial charge in [0, 0.05) is 19.0 Å². The minimum absolute atomic E-state index is 0.274. The third-order valence-corrected chi connectivity index (χ3v) is 2.43. The predicted molar refractivity (Wildman–Crippen MR) is 59.3 cm³/mol. The summed E-state index contributed by atoms with van der Waals surface area (Å²) in [6, 6.07) is 0.731. The SMILES string of the molecule is CCCCCC(=O)/C=C/CNC1CC1. The summed E-state index contributed by atoms with van der Waals surface area (Å²) in [5.74, 6) is 0.274. The highest BCUT2D eigenvalue weighted by atomic mass is 16.1. The first-order valence-electron chi connectivity index (χ1n) is 5.75. The normalized spacial score (nSPS) is 16.4. The van der Waals surface area contributed by atoms with Crippen LogP contribution in [-0.4, -0.2) is 18.4 Å². The first-order chi connectivity index (χ1) is 6.83. The van der Waals surface area contributed by atoms with E-state index in [1.165, 1.54) is 25.7 Å². The maximum Gasteiger partial charge on any atom is 0.155 e. The lowest BCUT2D eigenvalue weighted by atomic mass is 10.1. The fraction of sp³-hybridized carbons (Fsp3) is 0.750. The van der Waals surface area contributed by atoms with Crippen molar-refractivity contribution in [3.05, 3.63) is 12.2 Å². The first kappa shape index (κ1) is 11.4. The van der Waals surface area contributed by atoms with Crippen LogP contribution < -0.4 is 5.32 Å². The number of hydrogen-bond acceptors (Lipinski definition) is 2. The minimum Gasteiger partial charge on any atom is -0.311 e. The molecule has 0 bridgehead atoms. The Bertz CT molecular complexity index is 194. The van der Waals surface area contributed by atoms with E-state index in [9.17, 15) is 4.79 Å². The van der Waals surface area contributed by atoms with Crippen LogP contribution in [0.3, 0.4) is 0 Å². The molecule has 0 aromatic rings. The van der Waals surface area contributed by atoms with Gasteiger partial charge in [0.1, 0.15) is 0 Å². The topological polar surface area (TPSA) is 29.1 Å². The Morgan fingerprint density at radius 1 is 1.43 bits per heavy atom. The molecule has 1 aliphatic rings. The zero-order chi connectivity index (χ0) is 10.2. The molecule has 1 fully saturated rings. The van der Waals surface area contributed by atoms with Crippen LogP contribution in [0.25, 0.3) is 0 Å². The highest BCUT2D eigenvalue weighted by Gasteiger charge is 2.18. The van der Waals surface area contributed by atoms with Gasteiger partial charge in [-0.1, -0.05) is 25.8 Å². The van der Waals surface area contributed by atoms with Gasteiger partial charge in [0.05, 0.1) is 0 Å². The summed E-state index contributed by atoms with van der Waals surface area (Å²) in [6.07, 6.45) is 10.4. The Balaban J connectivity index is 1.94. The van der Waals surface area contributed by atoms with Crippen LogP contribution in [-0.2, 0) is 4.79 Å². The van der Waals surface area contributed by atoms with Crippen molar-refractivity contribution in [2.45, 2.75) is 51.5 Å². The van der Waals surface area contributed by atoms with Gasteiger partial charge in [-0.05, 0) is 25.3 Å². The van der Waals surface area contributed by atoms with Gasteiger partial charge in [0.25, 0.3) is 0 Å². The number of carbonyl (C=O) groups is 1. The third kappa shape index (κ3) is 5.92. The molecule has 0 aromatic heterocycles. The smallest absolute Gasteiger partial charge is 0.155 e. The highest BCUT2D eigenvalue weighted by molar-refractivity contribution is 5.89. The van der Waals surface area contributed by atoms with Crippen molar-refractivity contribution in [3.63, 3.8) is 0 Å². The Morgan fingerprint density at radius 3 is 2.86 bits per heavy atom. The van der Waals surface area contributed by atoms with E-state index < -0.39 is 0 Å². The van der Waals surface area contributed by atoms with E-state index in [-0.39, 0.29) is 5.78 Å². The van der Waals surface area contributed by atoms with Crippen molar-refractivity contribution < 1.29 is 4.79 Å². The van der Waals surface area contributed by atoms with Gasteiger partial charge >= 0.3 is 0 Å². The summed E-state index contributed by atoms with van der Waals surface area (Å²) in [7, 11) is 0. The van der Waals surface area contributed by atoms with Crippen molar-refractivity contribution in [1.29, 1.82) is 0 Å². The molecular weight excluding hydrogens is 174 g/mol. The van der Waals surface area contributed by atoms with Crippen LogP contribution >= 0.6 is 0 Å². The third-order valence-electron chi connectivity index (χ3n) is 2.43. The summed E-state index contributed by atoms with van der Waals surface area (Å²) < 4.78 is 0. The van der Waals surface area contributed by atoms with Gasteiger partial charge in [-0.15, -0.1) is 0 Å². The summed E-state index contributed by atoms with van der Waals surface area (Å²) in [5.41, 5.74) is 0. The van der Waals surface area contributed by atoms with Crippen molar-refractivity contribution in [2.24, 2.45) is 0 Å². The fourth-order valence-electron chi connectivity index (χ4n) is 1.35. The number of ketones is 1. The number of hydrogen-bond donors (Lipinski definition) is 1. The lowest BCUT2D eigenvalue weighted by Crippen LogP contribution is -2.15. The zero-order valence-electron chi connectivity index (χ0n) is 9.09. The van der Waals surface area contributed by atoms with Crippen LogP contribution in [0.1, 0.15) is 45.4 Å². The van der Waals surface area contributed by atoms with E-state index in [0.717, 1.165) is 19.0 Å². The van der Waals surface area contributed by atoms with Crippen molar-refractivity contribution in [3.8, 4) is 0 Å². The highest BCUT2D eigenvalue weighted by Crippen LogP contribution is 2.17. The molecule has 0 atom stereocenters. The van der Waals surface area contributed by atoms with Crippen molar-refractivity contribution in [2.75, 3.05) is 6.54 Å². The second-order valence-corrected chi connectivity index (χ2v) is 4.01. The molecule has 1 aliphatic carbocycles. The van der Waals surface area contributed by atoms with Crippen molar-refractivity contribution >= 4 is 5.78 Å². The van der Waals surface area contributed by atoms with Crippen LogP contribution in [0.5, 0.6) is 0 Å². The van der Waals surface area contributed by atoms with Crippen LogP contribution in [0, 0.1) is 0 Å². The van der Waals surface area contributed by atoms with Crippen LogP contribution in [0.4, 0.5) is 0 Å². The Labute approximate surface area is 86.8 Å². The molecule has 1 saturated carbocycles. The molecular formula is C12H21NO. The number of carbonyl (C=O) groups excluding carboxylic acids is 1. The lowest BCUT2D eigenvalue weighted by molar-refractivity contribution is -0.114. The van der Waals surface area contributed by atoms with Gasteiger partial charge in [-0.2, -0.15) is 0 Å². The molecule has 80 valence electrons. The van der Waals surface area contributed by atoms with Crippen molar-refractivity contribution in [1.82, 2.24) is 5.32 Å². The molecule has 14 heavy (non-hydrogen) atoms.